The molecule has 3 rings (SSSR count). The van der Waals surface area contributed by atoms with Gasteiger partial charge in [-0.05, 0) is 25.0 Å². The standard InChI is InChI=1S/C17H18ClF5N4O2/c18-11-5-9-7-25-26-13(9)12(6-11)14(28)17(22,23)10-1-3-27(4-2-10)15(29)24-8-16(19,20)21/h5-7,10,14,28H,1-4,8H2,(H,24,29)(H,25,26). The zero-order chi connectivity index (χ0) is 21.4. The van der Waals surface area contributed by atoms with Gasteiger partial charge in [0, 0.05) is 35.0 Å². The summed E-state index contributed by atoms with van der Waals surface area (Å²) in [4.78, 5) is 12.8. The second kappa shape index (κ2) is 7.94. The first kappa shape index (κ1) is 21.6. The Labute approximate surface area is 167 Å². The highest BCUT2D eigenvalue weighted by Crippen LogP contribution is 2.44. The summed E-state index contributed by atoms with van der Waals surface area (Å²) < 4.78 is 66.6. The molecule has 0 aliphatic carbocycles. The van der Waals surface area contributed by atoms with Gasteiger partial charge in [0.15, 0.2) is 0 Å². The van der Waals surface area contributed by atoms with Crippen molar-refractivity contribution < 1.29 is 31.9 Å². The van der Waals surface area contributed by atoms with Crippen molar-refractivity contribution in [2.45, 2.75) is 31.0 Å². The number of carbonyl (C=O) groups is 1. The van der Waals surface area contributed by atoms with Crippen LogP contribution in [0.25, 0.3) is 10.9 Å². The number of nitrogens with one attached hydrogen (secondary N) is 2. The molecule has 2 amide bonds. The van der Waals surface area contributed by atoms with Crippen LogP contribution in [0.3, 0.4) is 0 Å². The average Bonchev–Trinajstić information content (AvgIpc) is 3.12. The van der Waals surface area contributed by atoms with Crippen LogP contribution in [0.15, 0.2) is 18.3 Å². The van der Waals surface area contributed by atoms with E-state index in [1.807, 2.05) is 0 Å². The number of aliphatic hydroxyl groups is 1. The molecule has 1 aliphatic rings. The quantitative estimate of drug-likeness (QED) is 0.631. The number of piperidine rings is 1. The van der Waals surface area contributed by atoms with Gasteiger partial charge in [0.2, 0.25) is 0 Å². The highest BCUT2D eigenvalue weighted by atomic mass is 35.5. The number of aromatic nitrogens is 2. The van der Waals surface area contributed by atoms with Gasteiger partial charge < -0.3 is 15.3 Å². The first-order valence-corrected chi connectivity index (χ1v) is 9.15. The molecular formula is C17H18ClF5N4O2. The molecule has 3 N–H and O–H groups in total. The van der Waals surface area contributed by atoms with Crippen molar-refractivity contribution in [3.63, 3.8) is 0 Å². The number of amides is 2. The second-order valence-electron chi connectivity index (χ2n) is 6.94. The Kier molecular flexibility index (Phi) is 5.91. The van der Waals surface area contributed by atoms with E-state index in [0.29, 0.717) is 5.39 Å². The van der Waals surface area contributed by atoms with Gasteiger partial charge in [-0.15, -0.1) is 0 Å². The SMILES string of the molecule is O=C(NCC(F)(F)F)N1CCC(C(F)(F)C(O)c2cc(Cl)cc3cn[nH]c23)CC1. The molecule has 6 nitrogen and oxygen atoms in total. The molecule has 12 heteroatoms. The number of alkyl halides is 5. The lowest BCUT2D eigenvalue weighted by Gasteiger charge is -2.37. The maximum atomic E-state index is 15.0. The maximum absolute atomic E-state index is 15.0. The average molecular weight is 441 g/mol. The molecule has 2 heterocycles. The van der Waals surface area contributed by atoms with E-state index in [1.54, 1.807) is 5.32 Å². The minimum Gasteiger partial charge on any atom is -0.382 e. The predicted octanol–water partition coefficient (Wildman–Crippen LogP) is 3.87. The summed E-state index contributed by atoms with van der Waals surface area (Å²) in [6.45, 7) is -1.78. The number of urea groups is 1. The zero-order valence-corrected chi connectivity index (χ0v) is 15.7. The lowest BCUT2D eigenvalue weighted by atomic mass is 9.85. The van der Waals surface area contributed by atoms with Crippen LogP contribution in [0.5, 0.6) is 0 Å². The Morgan fingerprint density at radius 2 is 1.97 bits per heavy atom. The molecule has 1 aromatic carbocycles. The largest absolute Gasteiger partial charge is 0.405 e. The minimum atomic E-state index is -4.56. The van der Waals surface area contributed by atoms with Crippen molar-refractivity contribution in [3.05, 3.63) is 28.9 Å². The summed E-state index contributed by atoms with van der Waals surface area (Å²) in [5.41, 5.74) is 0.144. The van der Waals surface area contributed by atoms with Crippen LogP contribution in [0.4, 0.5) is 26.7 Å². The first-order valence-electron chi connectivity index (χ1n) is 8.77. The molecule has 160 valence electrons. The van der Waals surface area contributed by atoms with Gasteiger partial charge in [-0.25, -0.2) is 13.6 Å². The molecule has 1 fully saturated rings. The second-order valence-corrected chi connectivity index (χ2v) is 7.38. The van der Waals surface area contributed by atoms with Crippen LogP contribution in [0.2, 0.25) is 5.02 Å². The fraction of sp³-hybridized carbons (Fsp3) is 0.529. The van der Waals surface area contributed by atoms with Gasteiger partial charge in [-0.2, -0.15) is 18.3 Å². The number of nitrogens with zero attached hydrogens (tertiary/aromatic N) is 2. The first-order chi connectivity index (χ1) is 13.5. The fourth-order valence-corrected chi connectivity index (χ4v) is 3.68. The van der Waals surface area contributed by atoms with Crippen LogP contribution < -0.4 is 5.32 Å². The van der Waals surface area contributed by atoms with E-state index in [1.165, 1.54) is 18.3 Å². The maximum Gasteiger partial charge on any atom is 0.405 e. The summed E-state index contributed by atoms with van der Waals surface area (Å²) in [6.07, 6.45) is -5.67. The smallest absolute Gasteiger partial charge is 0.382 e. The normalized spacial score (nSPS) is 17.6. The number of aliphatic hydroxyl groups excluding tert-OH is 1. The predicted molar refractivity (Wildman–Crippen MR) is 94.8 cm³/mol. The number of hydrogen-bond acceptors (Lipinski definition) is 3. The molecule has 0 spiro atoms. The Morgan fingerprint density at radius 3 is 2.59 bits per heavy atom. The molecule has 1 saturated heterocycles. The van der Waals surface area contributed by atoms with E-state index in [-0.39, 0.29) is 42.0 Å². The highest BCUT2D eigenvalue weighted by molar-refractivity contribution is 6.31. The van der Waals surface area contributed by atoms with Crippen molar-refractivity contribution in [2.24, 2.45) is 5.92 Å². The summed E-state index contributed by atoms with van der Waals surface area (Å²) in [6, 6.07) is 1.80. The monoisotopic (exact) mass is 440 g/mol. The van der Waals surface area contributed by atoms with Crippen LogP contribution >= 0.6 is 11.6 Å². The molecule has 1 atom stereocenters. The van der Waals surface area contributed by atoms with Gasteiger partial charge in [0.05, 0.1) is 11.7 Å². The van der Waals surface area contributed by atoms with Crippen LogP contribution in [-0.2, 0) is 0 Å². The van der Waals surface area contributed by atoms with Crippen LogP contribution in [0.1, 0.15) is 24.5 Å². The van der Waals surface area contributed by atoms with E-state index >= 15 is 0 Å². The number of H-pyrrole nitrogens is 1. The lowest BCUT2D eigenvalue weighted by Crippen LogP contribution is -2.49. The molecule has 1 aromatic heterocycles. The van der Waals surface area contributed by atoms with E-state index in [9.17, 15) is 31.9 Å². The Bertz CT molecular complexity index is 880. The lowest BCUT2D eigenvalue weighted by molar-refractivity contribution is -0.159. The van der Waals surface area contributed by atoms with Crippen molar-refractivity contribution in [2.75, 3.05) is 19.6 Å². The zero-order valence-electron chi connectivity index (χ0n) is 14.9. The van der Waals surface area contributed by atoms with Crippen molar-refractivity contribution in [3.8, 4) is 0 Å². The number of carbonyl (C=O) groups excluding carboxylic acids is 1. The van der Waals surface area contributed by atoms with E-state index in [0.717, 1.165) is 4.90 Å². The Morgan fingerprint density at radius 1 is 1.31 bits per heavy atom. The van der Waals surface area contributed by atoms with Gasteiger partial charge in [-0.3, -0.25) is 5.10 Å². The van der Waals surface area contributed by atoms with Crippen molar-refractivity contribution in [1.29, 1.82) is 0 Å². The molecule has 1 unspecified atom stereocenters. The van der Waals surface area contributed by atoms with Gasteiger partial charge >= 0.3 is 12.2 Å². The Balaban J connectivity index is 1.68. The summed E-state index contributed by atoms with van der Waals surface area (Å²) in [5, 5.41) is 19.1. The van der Waals surface area contributed by atoms with Crippen LogP contribution in [-0.4, -0.2) is 58.0 Å². The molecule has 0 saturated carbocycles. The number of fused-ring (bicyclic) bond motifs is 1. The number of aromatic amines is 1. The van der Waals surface area contributed by atoms with Crippen molar-refractivity contribution >= 4 is 28.5 Å². The van der Waals surface area contributed by atoms with Crippen molar-refractivity contribution in [1.82, 2.24) is 20.4 Å². The summed E-state index contributed by atoms with van der Waals surface area (Å²) in [5.74, 6) is -4.81. The highest BCUT2D eigenvalue weighted by Gasteiger charge is 2.49. The number of halogens is 6. The number of benzene rings is 1. The van der Waals surface area contributed by atoms with E-state index in [4.69, 9.17) is 11.6 Å². The third-order valence-corrected chi connectivity index (χ3v) is 5.19. The minimum absolute atomic E-state index is 0.0969. The third-order valence-electron chi connectivity index (χ3n) is 4.97. The molecule has 0 radical (unpaired) electrons. The molecule has 29 heavy (non-hydrogen) atoms. The molecule has 2 aromatic rings. The van der Waals surface area contributed by atoms with Gasteiger partial charge in [0.25, 0.3) is 5.92 Å². The summed E-state index contributed by atoms with van der Waals surface area (Å²) >= 11 is 5.95. The summed E-state index contributed by atoms with van der Waals surface area (Å²) in [7, 11) is 0. The molecule has 1 aliphatic heterocycles. The number of rotatable bonds is 4. The topological polar surface area (TPSA) is 81.2 Å². The van der Waals surface area contributed by atoms with Gasteiger partial charge in [0.1, 0.15) is 12.6 Å². The van der Waals surface area contributed by atoms with Gasteiger partial charge in [-0.1, -0.05) is 11.6 Å². The molecule has 0 bridgehead atoms. The van der Waals surface area contributed by atoms with E-state index in [2.05, 4.69) is 10.2 Å². The van der Waals surface area contributed by atoms with E-state index < -0.39 is 36.7 Å². The Hall–Kier alpha value is -2.14. The molecular weight excluding hydrogens is 423 g/mol. The fourth-order valence-electron chi connectivity index (χ4n) is 3.45. The number of likely N-dealkylation sites (tertiary alicyclic amines) is 1. The number of hydrogen-bond donors (Lipinski definition) is 3. The third kappa shape index (κ3) is 4.72. The van der Waals surface area contributed by atoms with Crippen LogP contribution in [0, 0.1) is 5.92 Å².